The number of hydrogen-bond acceptors (Lipinski definition) is 3. The van der Waals surface area contributed by atoms with E-state index in [1.807, 2.05) is 19.1 Å². The van der Waals surface area contributed by atoms with Gasteiger partial charge in [-0.3, -0.25) is 9.59 Å². The molecule has 1 aromatic rings. The van der Waals surface area contributed by atoms with E-state index in [1.54, 1.807) is 0 Å². The molecule has 1 aromatic carbocycles. The van der Waals surface area contributed by atoms with Crippen molar-refractivity contribution in [3.05, 3.63) is 24.3 Å². The number of hydrogen-bond donors (Lipinski definition) is 2. The lowest BCUT2D eigenvalue weighted by Crippen LogP contribution is -2.32. The highest BCUT2D eigenvalue weighted by Crippen LogP contribution is 2.24. The SMILES string of the molecule is CCNC(=O)CCC(=O)Nc1ccc(N2CCC(C)CC2)cc1. The summed E-state index contributed by atoms with van der Waals surface area (Å²) in [4.78, 5) is 25.6. The number of nitrogens with zero attached hydrogens (tertiary/aromatic N) is 1. The van der Waals surface area contributed by atoms with Gasteiger partial charge < -0.3 is 15.5 Å². The first-order valence-corrected chi connectivity index (χ1v) is 8.50. The van der Waals surface area contributed by atoms with Crippen LogP contribution in [0.15, 0.2) is 24.3 Å². The van der Waals surface area contributed by atoms with Crippen LogP contribution in [0.1, 0.15) is 39.5 Å². The summed E-state index contributed by atoms with van der Waals surface area (Å²) in [7, 11) is 0. The molecule has 0 aliphatic carbocycles. The number of carbonyl (C=O) groups excluding carboxylic acids is 2. The Labute approximate surface area is 138 Å². The molecule has 0 spiro atoms. The molecule has 5 heteroatoms. The van der Waals surface area contributed by atoms with Crippen LogP contribution in [0.2, 0.25) is 0 Å². The van der Waals surface area contributed by atoms with E-state index >= 15 is 0 Å². The Morgan fingerprint density at radius 3 is 2.30 bits per heavy atom. The van der Waals surface area contributed by atoms with Crippen molar-refractivity contribution in [2.75, 3.05) is 29.9 Å². The van der Waals surface area contributed by atoms with Crippen molar-refractivity contribution in [2.24, 2.45) is 5.92 Å². The molecule has 0 bridgehead atoms. The Hall–Kier alpha value is -2.04. The fourth-order valence-corrected chi connectivity index (χ4v) is 2.76. The number of nitrogens with one attached hydrogen (secondary N) is 2. The molecule has 1 heterocycles. The Morgan fingerprint density at radius 2 is 1.70 bits per heavy atom. The van der Waals surface area contributed by atoms with Gasteiger partial charge in [0, 0.05) is 43.9 Å². The molecule has 0 atom stereocenters. The first kappa shape index (κ1) is 17.3. The topological polar surface area (TPSA) is 61.4 Å². The maximum Gasteiger partial charge on any atom is 0.224 e. The van der Waals surface area contributed by atoms with Gasteiger partial charge in [0.25, 0.3) is 0 Å². The van der Waals surface area contributed by atoms with Crippen LogP contribution in [0.3, 0.4) is 0 Å². The number of anilines is 2. The first-order chi connectivity index (χ1) is 11.1. The monoisotopic (exact) mass is 317 g/mol. The summed E-state index contributed by atoms with van der Waals surface area (Å²) < 4.78 is 0. The van der Waals surface area contributed by atoms with Gasteiger partial charge in [-0.2, -0.15) is 0 Å². The summed E-state index contributed by atoms with van der Waals surface area (Å²) in [6.45, 7) is 6.95. The zero-order valence-electron chi connectivity index (χ0n) is 14.1. The van der Waals surface area contributed by atoms with Crippen LogP contribution in [-0.2, 0) is 9.59 Å². The number of rotatable bonds is 6. The van der Waals surface area contributed by atoms with Crippen molar-refractivity contribution < 1.29 is 9.59 Å². The Kier molecular flexibility index (Phi) is 6.44. The molecule has 2 N–H and O–H groups in total. The van der Waals surface area contributed by atoms with Crippen molar-refractivity contribution >= 4 is 23.2 Å². The van der Waals surface area contributed by atoms with Gasteiger partial charge in [0.2, 0.25) is 11.8 Å². The lowest BCUT2D eigenvalue weighted by atomic mass is 9.99. The minimum absolute atomic E-state index is 0.0858. The molecule has 23 heavy (non-hydrogen) atoms. The van der Waals surface area contributed by atoms with Crippen LogP contribution in [0.4, 0.5) is 11.4 Å². The van der Waals surface area contributed by atoms with E-state index in [0.29, 0.717) is 6.54 Å². The molecule has 126 valence electrons. The Morgan fingerprint density at radius 1 is 1.09 bits per heavy atom. The van der Waals surface area contributed by atoms with Crippen LogP contribution < -0.4 is 15.5 Å². The first-order valence-electron chi connectivity index (χ1n) is 8.50. The number of piperidine rings is 1. The summed E-state index contributed by atoms with van der Waals surface area (Å²) in [6, 6.07) is 7.96. The fraction of sp³-hybridized carbons (Fsp3) is 0.556. The largest absolute Gasteiger partial charge is 0.372 e. The van der Waals surface area contributed by atoms with E-state index in [0.717, 1.165) is 24.7 Å². The number of carbonyl (C=O) groups is 2. The molecule has 0 aromatic heterocycles. The Bertz CT molecular complexity index is 520. The second-order valence-electron chi connectivity index (χ2n) is 6.22. The minimum Gasteiger partial charge on any atom is -0.372 e. The lowest BCUT2D eigenvalue weighted by Gasteiger charge is -2.32. The maximum absolute atomic E-state index is 11.8. The van der Waals surface area contributed by atoms with Gasteiger partial charge >= 0.3 is 0 Å². The summed E-state index contributed by atoms with van der Waals surface area (Å²) >= 11 is 0. The minimum atomic E-state index is -0.129. The van der Waals surface area contributed by atoms with Gasteiger partial charge in [0.1, 0.15) is 0 Å². The third-order valence-corrected chi connectivity index (χ3v) is 4.25. The molecule has 1 saturated heterocycles. The van der Waals surface area contributed by atoms with Crippen LogP contribution >= 0.6 is 0 Å². The van der Waals surface area contributed by atoms with Crippen molar-refractivity contribution in [3.63, 3.8) is 0 Å². The molecule has 0 radical (unpaired) electrons. The Balaban J connectivity index is 1.80. The summed E-state index contributed by atoms with van der Waals surface area (Å²) in [5.41, 5.74) is 1.98. The second-order valence-corrected chi connectivity index (χ2v) is 6.22. The fourth-order valence-electron chi connectivity index (χ4n) is 2.76. The summed E-state index contributed by atoms with van der Waals surface area (Å²) in [6.07, 6.45) is 2.90. The van der Waals surface area contributed by atoms with E-state index in [1.165, 1.54) is 18.5 Å². The van der Waals surface area contributed by atoms with Gasteiger partial charge in [-0.1, -0.05) is 6.92 Å². The quantitative estimate of drug-likeness (QED) is 0.848. The van der Waals surface area contributed by atoms with E-state index in [-0.39, 0.29) is 24.7 Å². The maximum atomic E-state index is 11.8. The molecule has 1 fully saturated rings. The smallest absolute Gasteiger partial charge is 0.224 e. The van der Waals surface area contributed by atoms with E-state index < -0.39 is 0 Å². The normalized spacial score (nSPS) is 15.3. The molecular formula is C18H27N3O2. The predicted octanol–water partition coefficient (Wildman–Crippen LogP) is 2.78. The molecule has 1 aliphatic rings. The standard InChI is InChI=1S/C18H27N3O2/c1-3-19-17(22)8-9-18(23)20-15-4-6-16(7-5-15)21-12-10-14(2)11-13-21/h4-7,14H,3,8-13H2,1-2H3,(H,19,22)(H,20,23). The molecule has 0 saturated carbocycles. The third-order valence-electron chi connectivity index (χ3n) is 4.25. The van der Waals surface area contributed by atoms with Gasteiger partial charge in [0.15, 0.2) is 0 Å². The predicted molar refractivity (Wildman–Crippen MR) is 93.6 cm³/mol. The van der Waals surface area contributed by atoms with Crippen LogP contribution in [0.5, 0.6) is 0 Å². The molecule has 5 nitrogen and oxygen atoms in total. The highest BCUT2D eigenvalue weighted by Gasteiger charge is 2.16. The molecule has 2 rings (SSSR count). The van der Waals surface area contributed by atoms with E-state index in [4.69, 9.17) is 0 Å². The van der Waals surface area contributed by atoms with Crippen molar-refractivity contribution in [2.45, 2.75) is 39.5 Å². The molecular weight excluding hydrogens is 290 g/mol. The highest BCUT2D eigenvalue weighted by molar-refractivity contribution is 5.93. The summed E-state index contributed by atoms with van der Waals surface area (Å²) in [5.74, 6) is 0.600. The van der Waals surface area contributed by atoms with Gasteiger partial charge in [-0.15, -0.1) is 0 Å². The zero-order chi connectivity index (χ0) is 16.7. The molecule has 0 unspecified atom stereocenters. The van der Waals surface area contributed by atoms with Crippen LogP contribution in [-0.4, -0.2) is 31.4 Å². The van der Waals surface area contributed by atoms with E-state index in [9.17, 15) is 9.59 Å². The van der Waals surface area contributed by atoms with Gasteiger partial charge in [0.05, 0.1) is 0 Å². The van der Waals surface area contributed by atoms with Crippen molar-refractivity contribution in [1.82, 2.24) is 5.32 Å². The summed E-state index contributed by atoms with van der Waals surface area (Å²) in [5, 5.41) is 5.53. The van der Waals surface area contributed by atoms with Gasteiger partial charge in [-0.25, -0.2) is 0 Å². The van der Waals surface area contributed by atoms with Crippen LogP contribution in [0.25, 0.3) is 0 Å². The van der Waals surface area contributed by atoms with Crippen molar-refractivity contribution in [3.8, 4) is 0 Å². The molecule has 2 amide bonds. The van der Waals surface area contributed by atoms with Crippen molar-refractivity contribution in [1.29, 1.82) is 0 Å². The van der Waals surface area contributed by atoms with Gasteiger partial charge in [-0.05, 0) is 49.9 Å². The average Bonchev–Trinajstić information content (AvgIpc) is 2.55. The second kappa shape index (κ2) is 8.56. The van der Waals surface area contributed by atoms with Crippen LogP contribution in [0, 0.1) is 5.92 Å². The highest BCUT2D eigenvalue weighted by atomic mass is 16.2. The lowest BCUT2D eigenvalue weighted by molar-refractivity contribution is -0.124. The number of benzene rings is 1. The van der Waals surface area contributed by atoms with E-state index in [2.05, 4.69) is 34.6 Å². The third kappa shape index (κ3) is 5.58. The average molecular weight is 317 g/mol. The zero-order valence-corrected chi connectivity index (χ0v) is 14.1. The molecule has 1 aliphatic heterocycles. The number of amides is 2.